The molecule has 1 aliphatic rings. The predicted molar refractivity (Wildman–Crippen MR) is 87.6 cm³/mol. The molecule has 1 fully saturated rings. The lowest BCUT2D eigenvalue weighted by atomic mass is 10.1. The first kappa shape index (κ1) is 15.1. The molecule has 2 nitrogen and oxygen atoms in total. The molecule has 1 unspecified atom stereocenters. The number of nitrogens with zero attached hydrogens (tertiary/aromatic N) is 2. The van der Waals surface area contributed by atoms with Crippen LogP contribution in [-0.4, -0.2) is 37.6 Å². The lowest BCUT2D eigenvalue weighted by molar-refractivity contribution is 0.328. The Morgan fingerprint density at radius 3 is 2.84 bits per heavy atom. The van der Waals surface area contributed by atoms with E-state index in [9.17, 15) is 0 Å². The van der Waals surface area contributed by atoms with E-state index in [-0.39, 0.29) is 0 Å². The summed E-state index contributed by atoms with van der Waals surface area (Å²) in [6.07, 6.45) is 2.34. The van der Waals surface area contributed by atoms with Crippen molar-refractivity contribution < 1.29 is 0 Å². The van der Waals surface area contributed by atoms with Crippen LogP contribution in [0.2, 0.25) is 5.02 Å². The fourth-order valence-electron chi connectivity index (χ4n) is 2.88. The van der Waals surface area contributed by atoms with Crippen LogP contribution in [0.5, 0.6) is 0 Å². The van der Waals surface area contributed by atoms with E-state index in [1.807, 2.05) is 12.1 Å². The molecular weight excluding hydrogens is 324 g/mol. The second-order valence-electron chi connectivity index (χ2n) is 5.25. The van der Waals surface area contributed by atoms with Crippen molar-refractivity contribution in [3.05, 3.63) is 28.8 Å². The van der Waals surface area contributed by atoms with Gasteiger partial charge >= 0.3 is 0 Å². The van der Waals surface area contributed by atoms with E-state index in [1.165, 1.54) is 24.2 Å². The Hall–Kier alpha value is -0.250. The second-order valence-corrected chi connectivity index (χ2v) is 6.22. The van der Waals surface area contributed by atoms with E-state index in [4.69, 9.17) is 11.6 Å². The third-order valence-electron chi connectivity index (χ3n) is 3.87. The molecule has 0 spiro atoms. The SMILES string of the molecule is CCC1CN(C)CCCN1c1c(Cl)cccc1CBr. The molecule has 0 radical (unpaired) electrons. The van der Waals surface area contributed by atoms with Crippen molar-refractivity contribution in [3.8, 4) is 0 Å². The summed E-state index contributed by atoms with van der Waals surface area (Å²) in [6.45, 7) is 5.64. The Kier molecular flexibility index (Phi) is 5.55. The Bertz CT molecular complexity index is 425. The highest BCUT2D eigenvalue weighted by atomic mass is 79.9. The fraction of sp³-hybridized carbons (Fsp3) is 0.600. The van der Waals surface area contributed by atoms with Crippen LogP contribution in [0.15, 0.2) is 18.2 Å². The average Bonchev–Trinajstić information content (AvgIpc) is 2.59. The van der Waals surface area contributed by atoms with Gasteiger partial charge in [0, 0.05) is 24.5 Å². The van der Waals surface area contributed by atoms with E-state index in [2.05, 4.69) is 45.8 Å². The standard InChI is InChI=1S/C15H22BrClN2/c1-3-13-11-18(2)8-5-9-19(13)15-12(10-16)6-4-7-14(15)17/h4,6-7,13H,3,5,8-11H2,1-2H3. The lowest BCUT2D eigenvalue weighted by Gasteiger charge is -2.34. The van der Waals surface area contributed by atoms with E-state index in [0.29, 0.717) is 6.04 Å². The van der Waals surface area contributed by atoms with Crippen LogP contribution in [0.1, 0.15) is 25.3 Å². The summed E-state index contributed by atoms with van der Waals surface area (Å²) in [5.74, 6) is 0. The highest BCUT2D eigenvalue weighted by Gasteiger charge is 2.25. The zero-order valence-electron chi connectivity index (χ0n) is 11.7. The molecule has 0 amide bonds. The van der Waals surface area contributed by atoms with Crippen molar-refractivity contribution in [2.24, 2.45) is 0 Å². The highest BCUT2D eigenvalue weighted by Crippen LogP contribution is 2.34. The van der Waals surface area contributed by atoms with Crippen molar-refractivity contribution in [3.63, 3.8) is 0 Å². The summed E-state index contributed by atoms with van der Waals surface area (Å²) in [5.41, 5.74) is 2.51. The topological polar surface area (TPSA) is 6.48 Å². The van der Waals surface area contributed by atoms with Crippen LogP contribution in [0.3, 0.4) is 0 Å². The van der Waals surface area contributed by atoms with Gasteiger partial charge in [-0.1, -0.05) is 46.6 Å². The summed E-state index contributed by atoms with van der Waals surface area (Å²) in [7, 11) is 2.21. The number of benzene rings is 1. The van der Waals surface area contributed by atoms with Crippen molar-refractivity contribution in [1.82, 2.24) is 4.90 Å². The molecule has 1 aliphatic heterocycles. The first-order valence-electron chi connectivity index (χ1n) is 6.96. The molecular formula is C15H22BrClN2. The van der Waals surface area contributed by atoms with Crippen LogP contribution >= 0.6 is 27.5 Å². The summed E-state index contributed by atoms with van der Waals surface area (Å²) in [4.78, 5) is 4.95. The smallest absolute Gasteiger partial charge is 0.0642 e. The maximum atomic E-state index is 6.48. The van der Waals surface area contributed by atoms with Gasteiger partial charge in [-0.05, 0) is 38.1 Å². The molecule has 1 aromatic rings. The first-order valence-corrected chi connectivity index (χ1v) is 8.45. The minimum atomic E-state index is 0.546. The summed E-state index contributed by atoms with van der Waals surface area (Å²) >= 11 is 10.1. The molecule has 1 atom stereocenters. The Morgan fingerprint density at radius 2 is 2.16 bits per heavy atom. The summed E-state index contributed by atoms with van der Waals surface area (Å²) in [5, 5.41) is 1.73. The first-order chi connectivity index (χ1) is 9.17. The third kappa shape index (κ3) is 3.45. The van der Waals surface area contributed by atoms with E-state index < -0.39 is 0 Å². The van der Waals surface area contributed by atoms with Gasteiger partial charge in [0.25, 0.3) is 0 Å². The summed E-state index contributed by atoms with van der Waals surface area (Å²) < 4.78 is 0. The highest BCUT2D eigenvalue weighted by molar-refractivity contribution is 9.08. The van der Waals surface area contributed by atoms with Gasteiger partial charge in [-0.3, -0.25) is 0 Å². The third-order valence-corrected chi connectivity index (χ3v) is 4.78. The monoisotopic (exact) mass is 344 g/mol. The molecule has 0 bridgehead atoms. The minimum Gasteiger partial charge on any atom is -0.366 e. The zero-order chi connectivity index (χ0) is 13.8. The van der Waals surface area contributed by atoms with Crippen LogP contribution in [-0.2, 0) is 5.33 Å². The number of hydrogen-bond acceptors (Lipinski definition) is 2. The molecule has 19 heavy (non-hydrogen) atoms. The summed E-state index contributed by atoms with van der Waals surface area (Å²) in [6, 6.07) is 6.75. The van der Waals surface area contributed by atoms with Crippen LogP contribution < -0.4 is 4.90 Å². The molecule has 0 saturated carbocycles. The number of para-hydroxylation sites is 1. The molecule has 4 heteroatoms. The van der Waals surface area contributed by atoms with E-state index in [0.717, 1.165) is 29.9 Å². The lowest BCUT2D eigenvalue weighted by Crippen LogP contribution is -2.40. The predicted octanol–water partition coefficient (Wildman–Crippen LogP) is 4.16. The van der Waals surface area contributed by atoms with Gasteiger partial charge < -0.3 is 9.80 Å². The zero-order valence-corrected chi connectivity index (χ0v) is 14.0. The normalized spacial score (nSPS) is 21.5. The molecule has 1 heterocycles. The Morgan fingerprint density at radius 1 is 1.37 bits per heavy atom. The quantitative estimate of drug-likeness (QED) is 0.759. The number of hydrogen-bond donors (Lipinski definition) is 0. The molecule has 1 saturated heterocycles. The Balaban J connectivity index is 2.37. The minimum absolute atomic E-state index is 0.546. The van der Waals surface area contributed by atoms with E-state index >= 15 is 0 Å². The number of halogens is 2. The van der Waals surface area contributed by atoms with Gasteiger partial charge in [0.05, 0.1) is 10.7 Å². The average molecular weight is 346 g/mol. The van der Waals surface area contributed by atoms with Crippen molar-refractivity contribution >= 4 is 33.2 Å². The molecule has 1 aromatic carbocycles. The molecule has 2 rings (SSSR count). The number of anilines is 1. The molecule has 0 aromatic heterocycles. The maximum absolute atomic E-state index is 6.48. The molecule has 0 N–H and O–H groups in total. The fourth-order valence-corrected chi connectivity index (χ4v) is 3.63. The largest absolute Gasteiger partial charge is 0.366 e. The maximum Gasteiger partial charge on any atom is 0.0642 e. The van der Waals surface area contributed by atoms with Gasteiger partial charge in [0.15, 0.2) is 0 Å². The van der Waals surface area contributed by atoms with Crippen molar-refractivity contribution in [1.29, 1.82) is 0 Å². The number of rotatable bonds is 3. The van der Waals surface area contributed by atoms with Gasteiger partial charge in [-0.15, -0.1) is 0 Å². The van der Waals surface area contributed by atoms with Gasteiger partial charge in [-0.25, -0.2) is 0 Å². The Labute approximate surface area is 129 Å². The second kappa shape index (κ2) is 6.96. The van der Waals surface area contributed by atoms with E-state index in [1.54, 1.807) is 0 Å². The van der Waals surface area contributed by atoms with Gasteiger partial charge in [-0.2, -0.15) is 0 Å². The van der Waals surface area contributed by atoms with Crippen molar-refractivity contribution in [2.75, 3.05) is 31.6 Å². The molecule has 0 aliphatic carbocycles. The van der Waals surface area contributed by atoms with Gasteiger partial charge in [0.1, 0.15) is 0 Å². The van der Waals surface area contributed by atoms with Gasteiger partial charge in [0.2, 0.25) is 0 Å². The number of likely N-dealkylation sites (N-methyl/N-ethyl adjacent to an activating group) is 1. The van der Waals surface area contributed by atoms with Crippen molar-refractivity contribution in [2.45, 2.75) is 31.1 Å². The van der Waals surface area contributed by atoms with Crippen LogP contribution in [0.4, 0.5) is 5.69 Å². The molecule has 106 valence electrons. The van der Waals surface area contributed by atoms with Crippen LogP contribution in [0.25, 0.3) is 0 Å². The number of alkyl halides is 1. The van der Waals surface area contributed by atoms with Crippen LogP contribution in [0, 0.1) is 0 Å².